The Hall–Kier alpha value is -2.23. The van der Waals surface area contributed by atoms with Gasteiger partial charge in [-0.05, 0) is 43.4 Å². The number of nitrogens with one attached hydrogen (secondary N) is 1. The van der Waals surface area contributed by atoms with E-state index in [1.807, 2.05) is 0 Å². The fraction of sp³-hybridized carbons (Fsp3) is 0.500. The van der Waals surface area contributed by atoms with Crippen LogP contribution in [0.5, 0.6) is 0 Å². The van der Waals surface area contributed by atoms with E-state index in [4.69, 9.17) is 0 Å². The largest absolute Gasteiger partial charge is 0.416 e. The molecule has 2 aliphatic heterocycles. The van der Waals surface area contributed by atoms with Crippen LogP contribution in [0.25, 0.3) is 0 Å². The van der Waals surface area contributed by atoms with Gasteiger partial charge in [0.1, 0.15) is 6.33 Å². The Balaban J connectivity index is 1.53. The fourth-order valence-electron chi connectivity index (χ4n) is 4.10. The van der Waals surface area contributed by atoms with E-state index in [-0.39, 0.29) is 22.9 Å². The molecule has 10 heteroatoms. The standard InChI is InChI=1S/C20H22F4N4OS/c21-17-18(25-11-15-3-2-10-30(15)29)26-12-27-19(17)28-9-1-4-16(28)13-5-7-14(8-6-13)20(22,23)24/h5-8,12,15-16H,1-4,9-11H2,(H,25,26,27). The van der Waals surface area contributed by atoms with Crippen molar-refractivity contribution < 1.29 is 21.8 Å². The first kappa shape index (κ1) is 21.0. The highest BCUT2D eigenvalue weighted by Crippen LogP contribution is 2.38. The van der Waals surface area contributed by atoms with E-state index in [0.717, 1.165) is 31.4 Å². The minimum atomic E-state index is -4.39. The van der Waals surface area contributed by atoms with Crippen LogP contribution in [0.2, 0.25) is 0 Å². The molecule has 0 radical (unpaired) electrons. The maximum absolute atomic E-state index is 15.2. The number of anilines is 2. The zero-order chi connectivity index (χ0) is 21.3. The molecule has 3 atom stereocenters. The third-order valence-electron chi connectivity index (χ3n) is 5.66. The lowest BCUT2D eigenvalue weighted by molar-refractivity contribution is -0.137. The predicted molar refractivity (Wildman–Crippen MR) is 107 cm³/mol. The molecule has 1 N–H and O–H groups in total. The Morgan fingerprint density at radius 2 is 1.90 bits per heavy atom. The van der Waals surface area contributed by atoms with Gasteiger partial charge in [0, 0.05) is 29.6 Å². The van der Waals surface area contributed by atoms with E-state index in [2.05, 4.69) is 15.3 Å². The number of benzene rings is 1. The molecule has 0 aliphatic carbocycles. The van der Waals surface area contributed by atoms with Crippen molar-refractivity contribution >= 4 is 22.4 Å². The summed E-state index contributed by atoms with van der Waals surface area (Å²) >= 11 is 0. The highest BCUT2D eigenvalue weighted by atomic mass is 32.2. The third kappa shape index (κ3) is 4.28. The normalized spacial score (nSPS) is 24.4. The van der Waals surface area contributed by atoms with Crippen LogP contribution in [-0.4, -0.2) is 38.3 Å². The zero-order valence-electron chi connectivity index (χ0n) is 16.2. The topological polar surface area (TPSA) is 58.1 Å². The van der Waals surface area contributed by atoms with Crippen molar-refractivity contribution in [2.75, 3.05) is 29.1 Å². The average Bonchev–Trinajstić information content (AvgIpc) is 3.36. The van der Waals surface area contributed by atoms with Crippen molar-refractivity contribution in [1.82, 2.24) is 9.97 Å². The van der Waals surface area contributed by atoms with Gasteiger partial charge in [-0.15, -0.1) is 0 Å². The monoisotopic (exact) mass is 442 g/mol. The second-order valence-electron chi connectivity index (χ2n) is 7.56. The van der Waals surface area contributed by atoms with Gasteiger partial charge in [-0.2, -0.15) is 17.6 Å². The predicted octanol–water partition coefficient (Wildman–Crippen LogP) is 4.30. The lowest BCUT2D eigenvalue weighted by atomic mass is 10.0. The Kier molecular flexibility index (Phi) is 5.95. The first-order valence-corrected chi connectivity index (χ1v) is 11.3. The van der Waals surface area contributed by atoms with E-state index in [1.54, 1.807) is 4.90 Å². The molecule has 2 saturated heterocycles. The van der Waals surface area contributed by atoms with Crippen LogP contribution < -0.4 is 10.2 Å². The van der Waals surface area contributed by atoms with Gasteiger partial charge in [-0.3, -0.25) is 4.21 Å². The Bertz CT molecular complexity index is 922. The van der Waals surface area contributed by atoms with Crippen molar-refractivity contribution in [2.45, 2.75) is 43.2 Å². The van der Waals surface area contributed by atoms with Crippen molar-refractivity contribution in [2.24, 2.45) is 0 Å². The number of rotatable bonds is 5. The second-order valence-corrected chi connectivity index (χ2v) is 9.40. The quantitative estimate of drug-likeness (QED) is 0.700. The van der Waals surface area contributed by atoms with E-state index < -0.39 is 28.4 Å². The SMILES string of the molecule is O=S1CCCC1CNc1ncnc(N2CCCC2c2ccc(C(F)(F)F)cc2)c1F. The van der Waals surface area contributed by atoms with Crippen LogP contribution >= 0.6 is 0 Å². The van der Waals surface area contributed by atoms with Gasteiger partial charge in [-0.25, -0.2) is 9.97 Å². The fourth-order valence-corrected chi connectivity index (χ4v) is 5.59. The molecule has 3 unspecified atom stereocenters. The Labute approximate surface area is 174 Å². The van der Waals surface area contributed by atoms with Gasteiger partial charge in [-0.1, -0.05) is 12.1 Å². The molecule has 1 aromatic carbocycles. The molecule has 2 fully saturated rings. The lowest BCUT2D eigenvalue weighted by Crippen LogP contribution is -2.26. The van der Waals surface area contributed by atoms with Crippen molar-refractivity contribution in [3.05, 3.63) is 47.5 Å². The number of aromatic nitrogens is 2. The summed E-state index contributed by atoms with van der Waals surface area (Å²) in [6.45, 7) is 0.925. The average molecular weight is 442 g/mol. The minimum Gasteiger partial charge on any atom is -0.366 e. The van der Waals surface area contributed by atoms with Gasteiger partial charge in [0.05, 0.1) is 16.9 Å². The molecule has 1 aromatic heterocycles. The lowest BCUT2D eigenvalue weighted by Gasteiger charge is -2.27. The maximum atomic E-state index is 15.2. The number of alkyl halides is 3. The summed E-state index contributed by atoms with van der Waals surface area (Å²) in [4.78, 5) is 9.87. The Morgan fingerprint density at radius 3 is 2.57 bits per heavy atom. The van der Waals surface area contributed by atoms with E-state index in [9.17, 15) is 17.4 Å². The molecule has 4 rings (SSSR count). The first-order valence-electron chi connectivity index (χ1n) is 9.90. The van der Waals surface area contributed by atoms with Gasteiger partial charge >= 0.3 is 6.18 Å². The van der Waals surface area contributed by atoms with E-state index in [0.29, 0.717) is 30.8 Å². The van der Waals surface area contributed by atoms with E-state index >= 15 is 4.39 Å². The highest BCUT2D eigenvalue weighted by Gasteiger charge is 2.33. The zero-order valence-corrected chi connectivity index (χ0v) is 17.0. The number of hydrogen-bond acceptors (Lipinski definition) is 5. The van der Waals surface area contributed by atoms with Crippen LogP contribution in [0.3, 0.4) is 0 Å². The van der Waals surface area contributed by atoms with Crippen molar-refractivity contribution in [3.63, 3.8) is 0 Å². The summed E-state index contributed by atoms with van der Waals surface area (Å²) in [5.41, 5.74) is -0.0193. The van der Waals surface area contributed by atoms with Crippen LogP contribution in [-0.2, 0) is 17.0 Å². The molecular formula is C20H22F4N4OS. The number of halogens is 4. The molecule has 0 spiro atoms. The number of hydrogen-bond donors (Lipinski definition) is 1. The summed E-state index contributed by atoms with van der Waals surface area (Å²) in [5, 5.41) is 2.94. The van der Waals surface area contributed by atoms with Gasteiger partial charge < -0.3 is 10.2 Å². The van der Waals surface area contributed by atoms with Crippen molar-refractivity contribution in [1.29, 1.82) is 0 Å². The van der Waals surface area contributed by atoms with Gasteiger partial charge in [0.15, 0.2) is 11.6 Å². The maximum Gasteiger partial charge on any atom is 0.416 e. The summed E-state index contributed by atoms with van der Waals surface area (Å²) in [7, 11) is -0.906. The van der Waals surface area contributed by atoms with E-state index in [1.165, 1.54) is 18.5 Å². The first-order chi connectivity index (χ1) is 14.3. The molecule has 0 amide bonds. The molecule has 162 valence electrons. The summed E-state index contributed by atoms with van der Waals surface area (Å²) in [6.07, 6.45) is 0.0859. The van der Waals surface area contributed by atoms with Gasteiger partial charge in [0.2, 0.25) is 5.82 Å². The molecule has 30 heavy (non-hydrogen) atoms. The second kappa shape index (κ2) is 8.49. The summed E-state index contributed by atoms with van der Waals surface area (Å²) < 4.78 is 65.6. The molecule has 0 bridgehead atoms. The summed E-state index contributed by atoms with van der Waals surface area (Å²) in [5.74, 6) is 0.261. The molecule has 2 aliphatic rings. The smallest absolute Gasteiger partial charge is 0.366 e. The van der Waals surface area contributed by atoms with Crippen LogP contribution in [0.15, 0.2) is 30.6 Å². The molecule has 5 nitrogen and oxygen atoms in total. The highest BCUT2D eigenvalue weighted by molar-refractivity contribution is 7.85. The Morgan fingerprint density at radius 1 is 1.13 bits per heavy atom. The molecule has 0 saturated carbocycles. The van der Waals surface area contributed by atoms with Gasteiger partial charge in [0.25, 0.3) is 0 Å². The van der Waals surface area contributed by atoms with Crippen LogP contribution in [0, 0.1) is 5.82 Å². The molecule has 2 aromatic rings. The van der Waals surface area contributed by atoms with Crippen LogP contribution in [0.4, 0.5) is 29.2 Å². The third-order valence-corrected chi connectivity index (χ3v) is 7.50. The van der Waals surface area contributed by atoms with Crippen molar-refractivity contribution in [3.8, 4) is 0 Å². The van der Waals surface area contributed by atoms with Crippen LogP contribution in [0.1, 0.15) is 42.9 Å². The molecular weight excluding hydrogens is 420 g/mol. The number of nitrogens with zero attached hydrogens (tertiary/aromatic N) is 3. The summed E-state index contributed by atoms with van der Waals surface area (Å²) in [6, 6.07) is 4.74. The minimum absolute atomic E-state index is 0.0190. The molecule has 3 heterocycles.